The first-order valence-corrected chi connectivity index (χ1v) is 11.3. The normalized spacial score (nSPS) is 14.5. The third kappa shape index (κ3) is 6.06. The molecule has 1 aromatic heterocycles. The molecule has 8 heteroatoms. The van der Waals surface area contributed by atoms with Gasteiger partial charge in [-0.15, -0.1) is 0 Å². The van der Waals surface area contributed by atoms with Crippen LogP contribution in [0.3, 0.4) is 0 Å². The Balaban J connectivity index is 1.40. The lowest BCUT2D eigenvalue weighted by Gasteiger charge is -2.28. The molecule has 0 spiro atoms. The minimum atomic E-state index is -0.492. The Bertz CT molecular complexity index is 1050. The molecule has 4 rings (SSSR count). The van der Waals surface area contributed by atoms with Gasteiger partial charge in [-0.2, -0.15) is 0 Å². The van der Waals surface area contributed by atoms with Crippen molar-refractivity contribution in [1.82, 2.24) is 9.97 Å². The third-order valence-corrected chi connectivity index (χ3v) is 5.54. The molecule has 1 unspecified atom stereocenters. The molecule has 3 aromatic rings. The standard InChI is InChI=1S/C25H30N6O2/c1-2-3-22(26)24(32)28-19-6-4-18(5-7-19)23-12-13-27-25(30-23)29-20-8-10-21(11-9-20)31-14-16-33-17-15-31/h4-13,22H,2-3,14-17,26H2,1H3,(H,28,32)(H,27,29,30). The fourth-order valence-electron chi connectivity index (χ4n) is 3.69. The number of nitrogens with one attached hydrogen (secondary N) is 2. The summed E-state index contributed by atoms with van der Waals surface area (Å²) in [7, 11) is 0. The average molecular weight is 447 g/mol. The molecule has 1 saturated heterocycles. The summed E-state index contributed by atoms with van der Waals surface area (Å²) in [4.78, 5) is 23.4. The van der Waals surface area contributed by atoms with Crippen LogP contribution in [0.2, 0.25) is 0 Å². The minimum absolute atomic E-state index is 0.169. The number of ether oxygens (including phenoxy) is 1. The second kappa shape index (κ2) is 10.9. The van der Waals surface area contributed by atoms with Crippen LogP contribution in [0, 0.1) is 0 Å². The highest BCUT2D eigenvalue weighted by atomic mass is 16.5. The molecule has 2 heterocycles. The fraction of sp³-hybridized carbons (Fsp3) is 0.320. The number of carbonyl (C=O) groups is 1. The lowest BCUT2D eigenvalue weighted by Crippen LogP contribution is -2.36. The van der Waals surface area contributed by atoms with Gasteiger partial charge in [-0.05, 0) is 48.9 Å². The maximum Gasteiger partial charge on any atom is 0.241 e. The Morgan fingerprint density at radius 2 is 1.76 bits per heavy atom. The Morgan fingerprint density at radius 3 is 2.45 bits per heavy atom. The number of anilines is 4. The quantitative estimate of drug-likeness (QED) is 0.483. The van der Waals surface area contributed by atoms with E-state index in [9.17, 15) is 4.79 Å². The van der Waals surface area contributed by atoms with Crippen molar-refractivity contribution < 1.29 is 9.53 Å². The Labute approximate surface area is 194 Å². The van der Waals surface area contributed by atoms with E-state index < -0.39 is 6.04 Å². The minimum Gasteiger partial charge on any atom is -0.378 e. The van der Waals surface area contributed by atoms with E-state index in [4.69, 9.17) is 10.5 Å². The smallest absolute Gasteiger partial charge is 0.241 e. The zero-order valence-corrected chi connectivity index (χ0v) is 18.8. The van der Waals surface area contributed by atoms with Gasteiger partial charge in [0.1, 0.15) is 0 Å². The molecule has 2 aromatic carbocycles. The molecule has 0 aliphatic carbocycles. The first kappa shape index (κ1) is 22.7. The maximum atomic E-state index is 12.1. The van der Waals surface area contributed by atoms with Gasteiger partial charge < -0.3 is 26.0 Å². The van der Waals surface area contributed by atoms with Gasteiger partial charge in [0.2, 0.25) is 11.9 Å². The highest BCUT2D eigenvalue weighted by Gasteiger charge is 2.13. The SMILES string of the molecule is CCCC(N)C(=O)Nc1ccc(-c2ccnc(Nc3ccc(N4CCOCC4)cc3)n2)cc1. The van der Waals surface area contributed by atoms with E-state index in [0.717, 1.165) is 49.7 Å². The molecule has 0 bridgehead atoms. The lowest BCUT2D eigenvalue weighted by molar-refractivity contribution is -0.117. The average Bonchev–Trinajstić information content (AvgIpc) is 2.86. The molecule has 0 radical (unpaired) electrons. The van der Waals surface area contributed by atoms with Crippen molar-refractivity contribution in [2.75, 3.05) is 41.8 Å². The summed E-state index contributed by atoms with van der Waals surface area (Å²) < 4.78 is 5.42. The van der Waals surface area contributed by atoms with Gasteiger partial charge in [-0.1, -0.05) is 25.5 Å². The molecular formula is C25H30N6O2. The summed E-state index contributed by atoms with van der Waals surface area (Å²) in [6.07, 6.45) is 3.26. The van der Waals surface area contributed by atoms with Crippen molar-refractivity contribution in [3.63, 3.8) is 0 Å². The van der Waals surface area contributed by atoms with Crippen LogP contribution in [0.25, 0.3) is 11.3 Å². The van der Waals surface area contributed by atoms with Crippen molar-refractivity contribution >= 4 is 28.9 Å². The molecule has 1 aliphatic heterocycles. The molecule has 1 aliphatic rings. The first-order valence-electron chi connectivity index (χ1n) is 11.3. The van der Waals surface area contributed by atoms with Gasteiger partial charge >= 0.3 is 0 Å². The van der Waals surface area contributed by atoms with Crippen molar-refractivity contribution in [1.29, 1.82) is 0 Å². The number of morpholine rings is 1. The van der Waals surface area contributed by atoms with E-state index in [1.54, 1.807) is 6.20 Å². The summed E-state index contributed by atoms with van der Waals surface area (Å²) in [5.41, 5.74) is 10.4. The largest absolute Gasteiger partial charge is 0.378 e. The molecule has 8 nitrogen and oxygen atoms in total. The second-order valence-electron chi connectivity index (χ2n) is 8.00. The fourth-order valence-corrected chi connectivity index (χ4v) is 3.69. The molecule has 1 fully saturated rings. The number of aromatic nitrogens is 2. The van der Waals surface area contributed by atoms with Crippen LogP contribution in [0.1, 0.15) is 19.8 Å². The predicted molar refractivity (Wildman–Crippen MR) is 132 cm³/mol. The Kier molecular flexibility index (Phi) is 7.49. The van der Waals surface area contributed by atoms with Crippen LogP contribution >= 0.6 is 0 Å². The number of nitrogens with two attached hydrogens (primary N) is 1. The number of benzene rings is 2. The van der Waals surface area contributed by atoms with Gasteiger partial charge in [0, 0.05) is 41.9 Å². The van der Waals surface area contributed by atoms with Gasteiger partial charge in [0.05, 0.1) is 24.9 Å². The maximum absolute atomic E-state index is 12.1. The molecule has 172 valence electrons. The van der Waals surface area contributed by atoms with E-state index in [2.05, 4.69) is 37.6 Å². The predicted octanol–water partition coefficient (Wildman–Crippen LogP) is 3.79. The lowest BCUT2D eigenvalue weighted by atomic mass is 10.1. The van der Waals surface area contributed by atoms with Gasteiger partial charge in [-0.25, -0.2) is 9.97 Å². The van der Waals surface area contributed by atoms with Gasteiger partial charge in [0.25, 0.3) is 0 Å². The topological polar surface area (TPSA) is 105 Å². The zero-order chi connectivity index (χ0) is 23.0. The molecule has 1 atom stereocenters. The molecule has 0 saturated carbocycles. The van der Waals surface area contributed by atoms with Gasteiger partial charge in [-0.3, -0.25) is 4.79 Å². The highest BCUT2D eigenvalue weighted by molar-refractivity contribution is 5.94. The highest BCUT2D eigenvalue weighted by Crippen LogP contribution is 2.23. The van der Waals surface area contributed by atoms with Crippen LogP contribution in [-0.4, -0.2) is 48.2 Å². The Hall–Kier alpha value is -3.49. The van der Waals surface area contributed by atoms with Crippen molar-refractivity contribution in [3.05, 3.63) is 60.8 Å². The van der Waals surface area contributed by atoms with E-state index in [0.29, 0.717) is 18.1 Å². The molecule has 1 amide bonds. The summed E-state index contributed by atoms with van der Waals surface area (Å²) in [6, 6.07) is 17.2. The van der Waals surface area contributed by atoms with E-state index in [1.807, 2.05) is 49.4 Å². The number of rotatable bonds is 8. The van der Waals surface area contributed by atoms with E-state index in [-0.39, 0.29) is 5.91 Å². The number of hydrogen-bond acceptors (Lipinski definition) is 7. The summed E-state index contributed by atoms with van der Waals surface area (Å²) in [5.74, 6) is 0.354. The number of hydrogen-bond donors (Lipinski definition) is 3. The first-order chi connectivity index (χ1) is 16.1. The number of nitrogens with zero attached hydrogens (tertiary/aromatic N) is 3. The van der Waals surface area contributed by atoms with Crippen LogP contribution in [0.4, 0.5) is 23.0 Å². The molecule has 33 heavy (non-hydrogen) atoms. The van der Waals surface area contributed by atoms with Crippen LogP contribution in [-0.2, 0) is 9.53 Å². The molecule has 4 N–H and O–H groups in total. The second-order valence-corrected chi connectivity index (χ2v) is 8.00. The van der Waals surface area contributed by atoms with Crippen LogP contribution in [0.15, 0.2) is 60.8 Å². The van der Waals surface area contributed by atoms with E-state index >= 15 is 0 Å². The summed E-state index contributed by atoms with van der Waals surface area (Å²) in [6.45, 7) is 5.35. The van der Waals surface area contributed by atoms with Crippen molar-refractivity contribution in [2.45, 2.75) is 25.8 Å². The summed E-state index contributed by atoms with van der Waals surface area (Å²) in [5, 5.41) is 6.13. The number of carbonyl (C=O) groups excluding carboxylic acids is 1. The number of amides is 1. The molecular weight excluding hydrogens is 416 g/mol. The van der Waals surface area contributed by atoms with Crippen LogP contribution < -0.4 is 21.3 Å². The van der Waals surface area contributed by atoms with Crippen molar-refractivity contribution in [3.8, 4) is 11.3 Å². The zero-order valence-electron chi connectivity index (χ0n) is 18.8. The van der Waals surface area contributed by atoms with E-state index in [1.165, 1.54) is 5.69 Å². The van der Waals surface area contributed by atoms with Gasteiger partial charge in [0.15, 0.2) is 0 Å². The summed E-state index contributed by atoms with van der Waals surface area (Å²) >= 11 is 0. The van der Waals surface area contributed by atoms with Crippen LogP contribution in [0.5, 0.6) is 0 Å². The Morgan fingerprint density at radius 1 is 1.06 bits per heavy atom. The van der Waals surface area contributed by atoms with Crippen molar-refractivity contribution in [2.24, 2.45) is 5.73 Å². The monoisotopic (exact) mass is 446 g/mol. The third-order valence-electron chi connectivity index (χ3n) is 5.54.